The second-order valence-electron chi connectivity index (χ2n) is 7.96. The fourth-order valence-corrected chi connectivity index (χ4v) is 4.68. The van der Waals surface area contributed by atoms with E-state index in [-0.39, 0.29) is 28.6 Å². The van der Waals surface area contributed by atoms with Gasteiger partial charge >= 0.3 is 0 Å². The standard InChI is InChI=1S/C23H22N4O4/c1-25-19-5-3-2-4-18(19)21-12-16(24-23(28)15-9-11-31-14-15)8-10-26(21)20-7-6-17(27(29)30)13-22(20)25/h2-7,9,11,13-14,16,21H,8,10,12H2,1H3,(H,24,28)/t16-,21+/m0/s1. The summed E-state index contributed by atoms with van der Waals surface area (Å²) in [6.07, 6.45) is 4.46. The third kappa shape index (κ3) is 3.30. The van der Waals surface area contributed by atoms with Gasteiger partial charge in [0.2, 0.25) is 0 Å². The quantitative estimate of drug-likeness (QED) is 0.500. The lowest BCUT2D eigenvalue weighted by Gasteiger charge is -2.41. The van der Waals surface area contributed by atoms with E-state index in [1.54, 1.807) is 18.2 Å². The molecule has 0 spiro atoms. The number of para-hydroxylation sites is 1. The molecule has 0 aliphatic carbocycles. The lowest BCUT2D eigenvalue weighted by Crippen LogP contribution is -2.46. The highest BCUT2D eigenvalue weighted by Crippen LogP contribution is 2.48. The van der Waals surface area contributed by atoms with Crippen LogP contribution in [0.5, 0.6) is 0 Å². The van der Waals surface area contributed by atoms with E-state index >= 15 is 0 Å². The normalized spacial score (nSPS) is 19.6. The summed E-state index contributed by atoms with van der Waals surface area (Å²) in [7, 11) is 1.94. The average Bonchev–Trinajstić information content (AvgIpc) is 3.30. The van der Waals surface area contributed by atoms with Crippen LogP contribution in [0, 0.1) is 10.1 Å². The van der Waals surface area contributed by atoms with Gasteiger partial charge in [0, 0.05) is 37.5 Å². The van der Waals surface area contributed by atoms with Gasteiger partial charge in [-0.05, 0) is 36.6 Å². The molecule has 2 aromatic carbocycles. The van der Waals surface area contributed by atoms with E-state index in [1.165, 1.54) is 12.5 Å². The highest BCUT2D eigenvalue weighted by atomic mass is 16.6. The lowest BCUT2D eigenvalue weighted by atomic mass is 9.90. The molecule has 1 N–H and O–H groups in total. The van der Waals surface area contributed by atoms with Gasteiger partial charge in [-0.2, -0.15) is 0 Å². The van der Waals surface area contributed by atoms with Crippen LogP contribution in [0.15, 0.2) is 65.5 Å². The number of nitrogens with zero attached hydrogens (tertiary/aromatic N) is 3. The van der Waals surface area contributed by atoms with Gasteiger partial charge in [0.05, 0.1) is 34.2 Å². The van der Waals surface area contributed by atoms with Crippen LogP contribution in [0.1, 0.15) is 34.8 Å². The summed E-state index contributed by atoms with van der Waals surface area (Å²) in [5.74, 6) is -0.137. The minimum atomic E-state index is -0.361. The Labute approximate surface area is 179 Å². The topological polar surface area (TPSA) is 91.9 Å². The minimum Gasteiger partial charge on any atom is -0.472 e. The first-order chi connectivity index (χ1) is 15.0. The molecule has 3 aromatic rings. The number of carbonyl (C=O) groups excluding carboxylic acids is 1. The fraction of sp³-hybridized carbons (Fsp3) is 0.261. The van der Waals surface area contributed by atoms with Crippen LogP contribution in [0.2, 0.25) is 0 Å². The van der Waals surface area contributed by atoms with Crippen LogP contribution in [0.4, 0.5) is 22.7 Å². The number of hydrogen-bond donors (Lipinski definition) is 1. The zero-order valence-electron chi connectivity index (χ0n) is 17.0. The van der Waals surface area contributed by atoms with E-state index in [4.69, 9.17) is 4.42 Å². The van der Waals surface area contributed by atoms with Crippen molar-refractivity contribution in [2.75, 3.05) is 23.4 Å². The average molecular weight is 418 g/mol. The van der Waals surface area contributed by atoms with Crippen molar-refractivity contribution < 1.29 is 14.1 Å². The Balaban J connectivity index is 1.52. The van der Waals surface area contributed by atoms with Crippen molar-refractivity contribution >= 4 is 28.7 Å². The van der Waals surface area contributed by atoms with E-state index < -0.39 is 0 Å². The molecule has 3 heterocycles. The van der Waals surface area contributed by atoms with Crippen molar-refractivity contribution in [2.24, 2.45) is 0 Å². The molecule has 8 nitrogen and oxygen atoms in total. The molecule has 2 aliphatic rings. The Hall–Kier alpha value is -3.81. The van der Waals surface area contributed by atoms with Crippen LogP contribution >= 0.6 is 0 Å². The molecule has 8 heteroatoms. The SMILES string of the molecule is CN1c2ccccc2[C@H]2C[C@@H](NC(=O)c3ccoc3)CCN2c2ccc([N+](=O)[O-])cc21. The second-order valence-corrected chi connectivity index (χ2v) is 7.96. The van der Waals surface area contributed by atoms with E-state index in [0.717, 1.165) is 42.0 Å². The van der Waals surface area contributed by atoms with E-state index in [0.29, 0.717) is 5.56 Å². The Bertz CT molecular complexity index is 1140. The van der Waals surface area contributed by atoms with Crippen LogP contribution in [0.25, 0.3) is 0 Å². The molecule has 1 aromatic heterocycles. The number of nitro groups is 1. The van der Waals surface area contributed by atoms with Crippen LogP contribution in [-0.2, 0) is 0 Å². The molecule has 2 atom stereocenters. The number of piperidine rings is 1. The molecular weight excluding hydrogens is 396 g/mol. The number of nitrogens with one attached hydrogen (secondary N) is 1. The Morgan fingerprint density at radius 1 is 1.16 bits per heavy atom. The largest absolute Gasteiger partial charge is 0.472 e. The first-order valence-electron chi connectivity index (χ1n) is 10.2. The third-order valence-corrected chi connectivity index (χ3v) is 6.22. The fourth-order valence-electron chi connectivity index (χ4n) is 4.68. The number of benzene rings is 2. The summed E-state index contributed by atoms with van der Waals surface area (Å²) in [6.45, 7) is 0.730. The van der Waals surface area contributed by atoms with Gasteiger partial charge in [0.25, 0.3) is 11.6 Å². The van der Waals surface area contributed by atoms with E-state index in [9.17, 15) is 14.9 Å². The molecule has 0 unspecified atom stereocenters. The van der Waals surface area contributed by atoms with Crippen LogP contribution < -0.4 is 15.1 Å². The number of amides is 1. The smallest absolute Gasteiger partial charge is 0.271 e. The van der Waals surface area contributed by atoms with Crippen molar-refractivity contribution in [3.63, 3.8) is 0 Å². The lowest BCUT2D eigenvalue weighted by molar-refractivity contribution is -0.384. The predicted molar refractivity (Wildman–Crippen MR) is 117 cm³/mol. The first-order valence-corrected chi connectivity index (χ1v) is 10.2. The predicted octanol–water partition coefficient (Wildman–Crippen LogP) is 4.41. The van der Waals surface area contributed by atoms with Gasteiger partial charge < -0.3 is 19.5 Å². The molecule has 1 saturated heterocycles. The maximum Gasteiger partial charge on any atom is 0.271 e. The van der Waals surface area contributed by atoms with Gasteiger partial charge in [0.1, 0.15) is 6.26 Å². The molecule has 0 saturated carbocycles. The monoisotopic (exact) mass is 418 g/mol. The number of nitro benzene ring substituents is 1. The molecule has 5 rings (SSSR count). The van der Waals surface area contributed by atoms with E-state index in [2.05, 4.69) is 16.3 Å². The summed E-state index contributed by atoms with van der Waals surface area (Å²) in [5.41, 5.74) is 4.52. The van der Waals surface area contributed by atoms with Gasteiger partial charge in [-0.1, -0.05) is 18.2 Å². The summed E-state index contributed by atoms with van der Waals surface area (Å²) >= 11 is 0. The van der Waals surface area contributed by atoms with Gasteiger partial charge in [-0.3, -0.25) is 14.9 Å². The molecular formula is C23H22N4O4. The number of fused-ring (bicyclic) bond motifs is 5. The van der Waals surface area contributed by atoms with Crippen LogP contribution in [-0.4, -0.2) is 30.5 Å². The maximum absolute atomic E-state index is 12.5. The number of hydrogen-bond acceptors (Lipinski definition) is 6. The zero-order valence-corrected chi connectivity index (χ0v) is 17.0. The van der Waals surface area contributed by atoms with Crippen molar-refractivity contribution in [2.45, 2.75) is 24.9 Å². The van der Waals surface area contributed by atoms with Gasteiger partial charge in [-0.15, -0.1) is 0 Å². The van der Waals surface area contributed by atoms with E-state index in [1.807, 2.05) is 36.2 Å². The van der Waals surface area contributed by atoms with Crippen molar-refractivity contribution in [3.05, 3.63) is 82.3 Å². The Morgan fingerprint density at radius 3 is 2.77 bits per heavy atom. The third-order valence-electron chi connectivity index (χ3n) is 6.22. The first kappa shape index (κ1) is 19.2. The maximum atomic E-state index is 12.5. The zero-order chi connectivity index (χ0) is 21.5. The number of carbonyl (C=O) groups is 1. The number of furan rings is 1. The number of anilines is 3. The van der Waals surface area contributed by atoms with Crippen molar-refractivity contribution in [3.8, 4) is 0 Å². The summed E-state index contributed by atoms with van der Waals surface area (Å²) in [6, 6.07) is 14.9. The van der Waals surface area contributed by atoms with Crippen molar-refractivity contribution in [1.29, 1.82) is 0 Å². The Kier molecular flexibility index (Phi) is 4.62. The van der Waals surface area contributed by atoms with Crippen molar-refractivity contribution in [1.82, 2.24) is 5.32 Å². The van der Waals surface area contributed by atoms with Gasteiger partial charge in [0.15, 0.2) is 0 Å². The molecule has 158 valence electrons. The number of non-ortho nitro benzene ring substituents is 1. The molecule has 1 amide bonds. The Morgan fingerprint density at radius 2 is 2.00 bits per heavy atom. The van der Waals surface area contributed by atoms with Gasteiger partial charge in [-0.25, -0.2) is 0 Å². The molecule has 1 fully saturated rings. The molecule has 0 radical (unpaired) electrons. The molecule has 31 heavy (non-hydrogen) atoms. The molecule has 0 bridgehead atoms. The minimum absolute atomic E-state index is 0.0154. The molecule has 2 aliphatic heterocycles. The summed E-state index contributed by atoms with van der Waals surface area (Å²) < 4.78 is 5.03. The second kappa shape index (κ2) is 7.46. The summed E-state index contributed by atoms with van der Waals surface area (Å²) in [4.78, 5) is 27.9. The number of rotatable bonds is 3. The highest BCUT2D eigenvalue weighted by Gasteiger charge is 2.36. The summed E-state index contributed by atoms with van der Waals surface area (Å²) in [5, 5.41) is 14.5. The highest BCUT2D eigenvalue weighted by molar-refractivity contribution is 5.94. The van der Waals surface area contributed by atoms with Crippen LogP contribution in [0.3, 0.4) is 0 Å².